The fraction of sp³-hybridized carbons (Fsp3) is 0.533. The van der Waals surface area contributed by atoms with E-state index in [1.165, 1.54) is 0 Å². The third kappa shape index (κ3) is 2.07. The lowest BCUT2D eigenvalue weighted by Gasteiger charge is -2.23. The number of amides is 1. The van der Waals surface area contributed by atoms with Crippen LogP contribution in [0.2, 0.25) is 0 Å². The van der Waals surface area contributed by atoms with Crippen LogP contribution >= 0.6 is 0 Å². The van der Waals surface area contributed by atoms with Gasteiger partial charge in [0.25, 0.3) is 0 Å². The third-order valence-electron chi connectivity index (χ3n) is 4.58. The van der Waals surface area contributed by atoms with Crippen LogP contribution < -0.4 is 0 Å². The normalized spacial score (nSPS) is 27.9. The first-order valence-corrected chi connectivity index (χ1v) is 7.02. The molecule has 1 aromatic heterocycles. The Morgan fingerprint density at radius 1 is 1.45 bits per heavy atom. The van der Waals surface area contributed by atoms with Crippen molar-refractivity contribution in [3.8, 4) is 0 Å². The van der Waals surface area contributed by atoms with Crippen molar-refractivity contribution >= 4 is 11.9 Å². The number of aryl methyl sites for hydroxylation is 1. The molecule has 3 unspecified atom stereocenters. The maximum atomic E-state index is 12.5. The van der Waals surface area contributed by atoms with Crippen LogP contribution in [0.4, 0.5) is 0 Å². The highest BCUT2D eigenvalue weighted by Crippen LogP contribution is 2.42. The minimum atomic E-state index is -0.774. The Bertz CT molecular complexity index is 558. The monoisotopic (exact) mass is 274 g/mol. The molecule has 0 aliphatic carbocycles. The largest absolute Gasteiger partial charge is 0.481 e. The molecule has 5 nitrogen and oxygen atoms in total. The molecule has 2 aliphatic rings. The number of fused-ring (bicyclic) bond motifs is 2. The Morgan fingerprint density at radius 3 is 2.90 bits per heavy atom. The summed E-state index contributed by atoms with van der Waals surface area (Å²) >= 11 is 0. The van der Waals surface area contributed by atoms with E-state index in [4.69, 9.17) is 0 Å². The number of hydrogen-bond acceptors (Lipinski definition) is 3. The van der Waals surface area contributed by atoms with E-state index < -0.39 is 5.97 Å². The van der Waals surface area contributed by atoms with Crippen LogP contribution in [0.15, 0.2) is 18.3 Å². The van der Waals surface area contributed by atoms with Gasteiger partial charge in [-0.1, -0.05) is 6.07 Å². The zero-order valence-corrected chi connectivity index (χ0v) is 11.5. The first-order valence-electron chi connectivity index (χ1n) is 7.02. The molecule has 2 fully saturated rings. The van der Waals surface area contributed by atoms with Crippen LogP contribution in [0.1, 0.15) is 30.5 Å². The van der Waals surface area contributed by atoms with E-state index >= 15 is 0 Å². The van der Waals surface area contributed by atoms with Crippen LogP contribution in [0, 0.1) is 12.8 Å². The van der Waals surface area contributed by atoms with Gasteiger partial charge in [0.1, 0.15) is 0 Å². The molecule has 0 saturated carbocycles. The van der Waals surface area contributed by atoms with Crippen LogP contribution in [0.5, 0.6) is 0 Å². The van der Waals surface area contributed by atoms with Crippen molar-refractivity contribution in [2.45, 2.75) is 44.7 Å². The van der Waals surface area contributed by atoms with E-state index in [1.807, 2.05) is 24.0 Å². The fourth-order valence-corrected chi connectivity index (χ4v) is 3.58. The van der Waals surface area contributed by atoms with Crippen LogP contribution in [-0.2, 0) is 16.0 Å². The molecule has 20 heavy (non-hydrogen) atoms. The summed E-state index contributed by atoms with van der Waals surface area (Å²) in [5.74, 6) is -1.14. The molecular formula is C15H18N2O3. The van der Waals surface area contributed by atoms with Crippen LogP contribution in [0.3, 0.4) is 0 Å². The van der Waals surface area contributed by atoms with Crippen molar-refractivity contribution < 1.29 is 14.7 Å². The predicted octanol–water partition coefficient (Wildman–Crippen LogP) is 1.40. The molecule has 3 rings (SSSR count). The zero-order valence-electron chi connectivity index (χ0n) is 11.5. The van der Waals surface area contributed by atoms with Crippen LogP contribution in [-0.4, -0.2) is 39.0 Å². The SMILES string of the molecule is Cc1cccnc1CC(=O)N1C2CCC1C(C(=O)O)C2. The molecular weight excluding hydrogens is 256 g/mol. The Morgan fingerprint density at radius 2 is 2.25 bits per heavy atom. The molecule has 1 aromatic rings. The van der Waals surface area contributed by atoms with E-state index in [-0.39, 0.29) is 30.3 Å². The average Bonchev–Trinajstić information content (AvgIpc) is 2.99. The summed E-state index contributed by atoms with van der Waals surface area (Å²) in [6.45, 7) is 1.94. The van der Waals surface area contributed by atoms with Gasteiger partial charge in [0.2, 0.25) is 5.91 Å². The minimum Gasteiger partial charge on any atom is -0.481 e. The van der Waals surface area contributed by atoms with Gasteiger partial charge in [0.15, 0.2) is 0 Å². The number of nitrogens with zero attached hydrogens (tertiary/aromatic N) is 2. The van der Waals surface area contributed by atoms with Gasteiger partial charge in [-0.15, -0.1) is 0 Å². The third-order valence-corrected chi connectivity index (χ3v) is 4.58. The van der Waals surface area contributed by atoms with E-state index in [1.54, 1.807) is 6.20 Å². The lowest BCUT2D eigenvalue weighted by Crippen LogP contribution is -2.39. The first kappa shape index (κ1) is 13.1. The second-order valence-electron chi connectivity index (χ2n) is 5.72. The molecule has 106 valence electrons. The quantitative estimate of drug-likeness (QED) is 0.904. The topological polar surface area (TPSA) is 70.5 Å². The van der Waals surface area contributed by atoms with Gasteiger partial charge in [0.05, 0.1) is 18.0 Å². The maximum Gasteiger partial charge on any atom is 0.308 e. The number of carboxylic acids is 1. The summed E-state index contributed by atoms with van der Waals surface area (Å²) in [6.07, 6.45) is 4.31. The lowest BCUT2D eigenvalue weighted by atomic mass is 9.89. The summed E-state index contributed by atoms with van der Waals surface area (Å²) in [5.41, 5.74) is 1.79. The van der Waals surface area contributed by atoms with Crippen LogP contribution in [0.25, 0.3) is 0 Å². The van der Waals surface area contributed by atoms with Crippen molar-refractivity contribution in [3.63, 3.8) is 0 Å². The molecule has 3 atom stereocenters. The van der Waals surface area contributed by atoms with E-state index in [0.717, 1.165) is 24.1 Å². The van der Waals surface area contributed by atoms with Gasteiger partial charge in [0, 0.05) is 18.3 Å². The highest BCUT2D eigenvalue weighted by molar-refractivity contribution is 5.82. The van der Waals surface area contributed by atoms with Gasteiger partial charge in [-0.2, -0.15) is 0 Å². The Balaban J connectivity index is 1.76. The molecule has 3 heterocycles. The number of rotatable bonds is 3. The van der Waals surface area contributed by atoms with Gasteiger partial charge in [-0.3, -0.25) is 14.6 Å². The summed E-state index contributed by atoms with van der Waals surface area (Å²) < 4.78 is 0. The lowest BCUT2D eigenvalue weighted by molar-refractivity contribution is -0.143. The number of carbonyl (C=O) groups excluding carboxylic acids is 1. The molecule has 0 radical (unpaired) electrons. The fourth-order valence-electron chi connectivity index (χ4n) is 3.58. The van der Waals surface area contributed by atoms with E-state index in [2.05, 4.69) is 4.98 Å². The zero-order chi connectivity index (χ0) is 14.3. The molecule has 2 aliphatic heterocycles. The second kappa shape index (κ2) is 4.89. The van der Waals surface area contributed by atoms with Gasteiger partial charge in [-0.05, 0) is 37.8 Å². The molecule has 2 saturated heterocycles. The van der Waals surface area contributed by atoms with Gasteiger partial charge in [-0.25, -0.2) is 0 Å². The van der Waals surface area contributed by atoms with Gasteiger partial charge < -0.3 is 10.0 Å². The number of hydrogen-bond donors (Lipinski definition) is 1. The highest BCUT2D eigenvalue weighted by Gasteiger charge is 2.51. The van der Waals surface area contributed by atoms with Gasteiger partial charge >= 0.3 is 5.97 Å². The van der Waals surface area contributed by atoms with E-state index in [0.29, 0.717) is 6.42 Å². The molecule has 1 amide bonds. The Kier molecular flexibility index (Phi) is 3.20. The maximum absolute atomic E-state index is 12.5. The number of aromatic nitrogens is 1. The van der Waals surface area contributed by atoms with Crippen molar-refractivity contribution in [2.75, 3.05) is 0 Å². The Hall–Kier alpha value is -1.91. The number of pyridine rings is 1. The first-order chi connectivity index (χ1) is 9.58. The van der Waals surface area contributed by atoms with Crippen molar-refractivity contribution in [1.82, 2.24) is 9.88 Å². The standard InChI is InChI=1S/C15H18N2O3/c1-9-3-2-6-16-12(9)8-14(18)17-10-4-5-13(17)11(7-10)15(19)20/h2-3,6,10-11,13H,4-5,7-8H2,1H3,(H,19,20). The highest BCUT2D eigenvalue weighted by atomic mass is 16.4. The Labute approximate surface area is 117 Å². The summed E-state index contributed by atoms with van der Waals surface area (Å²) in [5, 5.41) is 9.22. The summed E-state index contributed by atoms with van der Waals surface area (Å²) in [4.78, 5) is 29.8. The molecule has 1 N–H and O–H groups in total. The summed E-state index contributed by atoms with van der Waals surface area (Å²) in [6, 6.07) is 3.78. The van der Waals surface area contributed by atoms with Crippen molar-refractivity contribution in [2.24, 2.45) is 5.92 Å². The minimum absolute atomic E-state index is 0.0167. The van der Waals surface area contributed by atoms with Crippen molar-refractivity contribution in [3.05, 3.63) is 29.6 Å². The van der Waals surface area contributed by atoms with Crippen molar-refractivity contribution in [1.29, 1.82) is 0 Å². The predicted molar refractivity (Wildman–Crippen MR) is 72.1 cm³/mol. The average molecular weight is 274 g/mol. The number of aliphatic carboxylic acids is 1. The number of carboxylic acid groups (broad SMARTS) is 1. The summed E-state index contributed by atoms with van der Waals surface area (Å²) in [7, 11) is 0. The molecule has 2 bridgehead atoms. The molecule has 0 spiro atoms. The van der Waals surface area contributed by atoms with E-state index in [9.17, 15) is 14.7 Å². The second-order valence-corrected chi connectivity index (χ2v) is 5.72. The molecule has 0 aromatic carbocycles. The number of carbonyl (C=O) groups is 2. The smallest absolute Gasteiger partial charge is 0.308 e. The molecule has 5 heteroatoms.